The van der Waals surface area contributed by atoms with E-state index in [2.05, 4.69) is 15.8 Å². The molecule has 1 heterocycles. The highest BCUT2D eigenvalue weighted by atomic mass is 35.5. The molecule has 0 saturated carbocycles. The second-order valence-corrected chi connectivity index (χ2v) is 5.37. The van der Waals surface area contributed by atoms with Crippen LogP contribution in [0.1, 0.15) is 15.2 Å². The van der Waals surface area contributed by atoms with Crippen molar-refractivity contribution < 1.29 is 14.8 Å². The topological polar surface area (TPSA) is 141 Å². The Morgan fingerprint density at radius 2 is 2.26 bits per heavy atom. The molecule has 116 valence electrons. The van der Waals surface area contributed by atoms with Crippen LogP contribution in [-0.2, 0) is 0 Å². The normalized spacial score (nSPS) is 10.4. The summed E-state index contributed by atoms with van der Waals surface area (Å²) in [6.45, 7) is 0. The summed E-state index contributed by atoms with van der Waals surface area (Å²) < 4.78 is 0. The van der Waals surface area contributed by atoms with Crippen LogP contribution in [0.2, 0.25) is 5.02 Å². The van der Waals surface area contributed by atoms with Gasteiger partial charge in [-0.05, 0) is 6.07 Å². The summed E-state index contributed by atoms with van der Waals surface area (Å²) in [6, 6.07) is 5.18. The van der Waals surface area contributed by atoms with E-state index in [1.807, 2.05) is 6.07 Å². The zero-order chi connectivity index (χ0) is 17.0. The zero-order valence-electron chi connectivity index (χ0n) is 11.1. The van der Waals surface area contributed by atoms with Gasteiger partial charge < -0.3 is 5.11 Å². The molecule has 0 aliphatic rings. The van der Waals surface area contributed by atoms with Crippen molar-refractivity contribution in [2.75, 3.05) is 5.43 Å². The number of nitro benzene ring substituents is 1. The number of thiophene rings is 1. The number of nitrogens with zero attached hydrogens (tertiary/aromatic N) is 4. The fourth-order valence-electron chi connectivity index (χ4n) is 1.51. The van der Waals surface area contributed by atoms with Crippen LogP contribution in [0.3, 0.4) is 0 Å². The first-order chi connectivity index (χ1) is 11.0. The minimum Gasteiger partial charge on any atom is -0.505 e. The van der Waals surface area contributed by atoms with Gasteiger partial charge in [0.25, 0.3) is 5.69 Å². The van der Waals surface area contributed by atoms with Crippen molar-refractivity contribution in [3.05, 3.63) is 43.8 Å². The molecule has 2 rings (SSSR count). The van der Waals surface area contributed by atoms with Crippen LogP contribution in [0.5, 0.6) is 5.75 Å². The van der Waals surface area contributed by atoms with Crippen molar-refractivity contribution in [2.45, 2.75) is 0 Å². The highest BCUT2D eigenvalue weighted by Crippen LogP contribution is 2.38. The molecule has 0 spiro atoms. The van der Waals surface area contributed by atoms with Crippen molar-refractivity contribution >= 4 is 45.6 Å². The number of aldehydes is 1. The number of hydrogen-bond donors (Lipinski definition) is 2. The summed E-state index contributed by atoms with van der Waals surface area (Å²) >= 11 is 6.71. The van der Waals surface area contributed by atoms with Gasteiger partial charge in [0.15, 0.2) is 11.3 Å². The molecular weight excluding hydrogens is 346 g/mol. The number of nitrogens with one attached hydrogen (secondary N) is 1. The molecule has 2 aromatic rings. The molecule has 1 aromatic heterocycles. The summed E-state index contributed by atoms with van der Waals surface area (Å²) in [7, 11) is 0. The van der Waals surface area contributed by atoms with E-state index in [-0.39, 0.29) is 31.8 Å². The second kappa shape index (κ2) is 6.82. The molecule has 9 nitrogen and oxygen atoms in total. The van der Waals surface area contributed by atoms with E-state index >= 15 is 0 Å². The number of non-ortho nitro benzene ring substituents is 1. The maximum Gasteiger partial charge on any atom is 0.273 e. The van der Waals surface area contributed by atoms with Crippen LogP contribution >= 0.6 is 22.9 Å². The number of benzene rings is 1. The van der Waals surface area contributed by atoms with E-state index < -0.39 is 10.7 Å². The SMILES string of the molecule is N#Cc1c(/N=N/Nc2ccc([N+](=O)[O-])cc2O)sc(C=O)c1Cl. The monoisotopic (exact) mass is 351 g/mol. The van der Waals surface area contributed by atoms with E-state index in [1.165, 1.54) is 12.1 Å². The lowest BCUT2D eigenvalue weighted by molar-refractivity contribution is -0.384. The maximum atomic E-state index is 10.8. The zero-order valence-corrected chi connectivity index (χ0v) is 12.6. The van der Waals surface area contributed by atoms with Gasteiger partial charge in [-0.3, -0.25) is 20.3 Å². The Hall–Kier alpha value is -3.03. The number of nitriles is 1. The number of phenols is 1. The predicted molar refractivity (Wildman–Crippen MR) is 82.3 cm³/mol. The average molecular weight is 352 g/mol. The lowest BCUT2D eigenvalue weighted by Gasteiger charge is -2.01. The summed E-state index contributed by atoms with van der Waals surface area (Å²) in [4.78, 5) is 20.8. The average Bonchev–Trinajstić information content (AvgIpc) is 2.83. The van der Waals surface area contributed by atoms with Crippen molar-refractivity contribution in [3.8, 4) is 11.8 Å². The number of rotatable bonds is 5. The summed E-state index contributed by atoms with van der Waals surface area (Å²) in [5.41, 5.74) is 2.19. The molecule has 1 aromatic carbocycles. The minimum absolute atomic E-state index is 0.000340. The van der Waals surface area contributed by atoms with Gasteiger partial charge in [0.2, 0.25) is 0 Å². The third-order valence-corrected chi connectivity index (χ3v) is 4.08. The van der Waals surface area contributed by atoms with Crippen LogP contribution < -0.4 is 5.43 Å². The van der Waals surface area contributed by atoms with Crippen LogP contribution in [0.25, 0.3) is 0 Å². The van der Waals surface area contributed by atoms with Gasteiger partial charge in [0.05, 0.1) is 20.9 Å². The third kappa shape index (κ3) is 3.42. The molecule has 0 radical (unpaired) electrons. The Morgan fingerprint density at radius 3 is 2.83 bits per heavy atom. The number of carbonyl (C=O) groups excluding carboxylic acids is 1. The van der Waals surface area contributed by atoms with E-state index in [9.17, 15) is 20.0 Å². The lowest BCUT2D eigenvalue weighted by Crippen LogP contribution is -1.91. The smallest absolute Gasteiger partial charge is 0.273 e. The molecule has 0 amide bonds. The van der Waals surface area contributed by atoms with Gasteiger partial charge in [-0.2, -0.15) is 5.26 Å². The maximum absolute atomic E-state index is 10.8. The van der Waals surface area contributed by atoms with Crippen molar-refractivity contribution in [1.82, 2.24) is 0 Å². The van der Waals surface area contributed by atoms with Gasteiger partial charge in [0, 0.05) is 6.07 Å². The molecule has 11 heteroatoms. The number of nitro groups is 1. The summed E-state index contributed by atoms with van der Waals surface area (Å²) in [5.74, 6) is -0.392. The predicted octanol–water partition coefficient (Wildman–Crippen LogP) is 3.81. The van der Waals surface area contributed by atoms with E-state index in [1.54, 1.807) is 0 Å². The Labute approximate surface area is 137 Å². The van der Waals surface area contributed by atoms with Crippen LogP contribution in [0.15, 0.2) is 28.5 Å². The molecule has 2 N–H and O–H groups in total. The third-order valence-electron chi connectivity index (χ3n) is 2.58. The summed E-state index contributed by atoms with van der Waals surface area (Å²) in [5, 5.41) is 36.6. The molecule has 0 atom stereocenters. The van der Waals surface area contributed by atoms with Gasteiger partial charge >= 0.3 is 0 Å². The van der Waals surface area contributed by atoms with Gasteiger partial charge in [0.1, 0.15) is 23.1 Å². The molecular formula is C12H6ClN5O4S. The van der Waals surface area contributed by atoms with Crippen LogP contribution in [0, 0.1) is 21.4 Å². The van der Waals surface area contributed by atoms with Crippen molar-refractivity contribution in [1.29, 1.82) is 5.26 Å². The number of hydrogen-bond acceptors (Lipinski definition) is 8. The van der Waals surface area contributed by atoms with E-state index in [0.29, 0.717) is 6.29 Å². The standard InChI is InChI=1S/C12H6ClN5O4S/c13-11-7(4-14)12(23-10(11)5-19)16-17-15-8-2-1-6(18(21)22)3-9(8)20/h1-3,5,20H,(H,15,16). The Morgan fingerprint density at radius 1 is 1.52 bits per heavy atom. The van der Waals surface area contributed by atoms with E-state index in [0.717, 1.165) is 17.4 Å². The Balaban J connectivity index is 2.21. The number of anilines is 1. The Kier molecular flexibility index (Phi) is 4.85. The first-order valence-electron chi connectivity index (χ1n) is 5.79. The highest BCUT2D eigenvalue weighted by molar-refractivity contribution is 7.18. The number of aromatic hydroxyl groups is 1. The largest absolute Gasteiger partial charge is 0.505 e. The fourth-order valence-corrected chi connectivity index (χ4v) is 2.64. The quantitative estimate of drug-likeness (QED) is 0.276. The lowest BCUT2D eigenvalue weighted by atomic mass is 10.2. The second-order valence-electron chi connectivity index (χ2n) is 3.96. The molecule has 0 aliphatic heterocycles. The molecule has 0 fully saturated rings. The molecule has 0 unspecified atom stereocenters. The molecule has 0 aliphatic carbocycles. The molecule has 0 bridgehead atoms. The number of phenolic OH excluding ortho intramolecular Hbond substituents is 1. The van der Waals surface area contributed by atoms with Gasteiger partial charge in [-0.15, -0.1) is 16.5 Å². The van der Waals surface area contributed by atoms with Crippen LogP contribution in [0.4, 0.5) is 16.4 Å². The first kappa shape index (κ1) is 16.3. The van der Waals surface area contributed by atoms with Gasteiger partial charge in [-0.25, -0.2) is 0 Å². The summed E-state index contributed by atoms with van der Waals surface area (Å²) in [6.07, 6.45) is 0.502. The van der Waals surface area contributed by atoms with Gasteiger partial charge in [-0.1, -0.05) is 16.8 Å². The number of halogens is 1. The van der Waals surface area contributed by atoms with E-state index in [4.69, 9.17) is 16.9 Å². The molecule has 0 saturated heterocycles. The Bertz CT molecular complexity index is 858. The van der Waals surface area contributed by atoms with Crippen molar-refractivity contribution in [3.63, 3.8) is 0 Å². The fraction of sp³-hybridized carbons (Fsp3) is 0. The first-order valence-corrected chi connectivity index (χ1v) is 6.99. The minimum atomic E-state index is -0.654. The number of carbonyl (C=O) groups is 1. The highest BCUT2D eigenvalue weighted by Gasteiger charge is 2.16. The molecule has 23 heavy (non-hydrogen) atoms. The van der Waals surface area contributed by atoms with Crippen molar-refractivity contribution in [2.24, 2.45) is 10.3 Å². The van der Waals surface area contributed by atoms with Crippen LogP contribution in [-0.4, -0.2) is 16.3 Å².